The van der Waals surface area contributed by atoms with E-state index in [2.05, 4.69) is 10.6 Å². The number of urea groups is 1. The van der Waals surface area contributed by atoms with Crippen LogP contribution in [-0.4, -0.2) is 51.0 Å². The van der Waals surface area contributed by atoms with Crippen LogP contribution in [0, 0.1) is 12.8 Å². The van der Waals surface area contributed by atoms with Crippen molar-refractivity contribution in [2.45, 2.75) is 57.3 Å². The Morgan fingerprint density at radius 1 is 1.11 bits per heavy atom. The third-order valence-electron chi connectivity index (χ3n) is 6.66. The number of benzene rings is 1. The molecule has 2 aromatic rings. The van der Waals surface area contributed by atoms with Gasteiger partial charge in [-0.3, -0.25) is 5.32 Å². The predicted molar refractivity (Wildman–Crippen MR) is 137 cm³/mol. The zero-order valence-corrected chi connectivity index (χ0v) is 21.9. The fourth-order valence-corrected chi connectivity index (χ4v) is 7.41. The van der Waals surface area contributed by atoms with E-state index in [1.54, 1.807) is 31.2 Å². The van der Waals surface area contributed by atoms with Crippen LogP contribution in [0.5, 0.6) is 0 Å². The van der Waals surface area contributed by atoms with Crippen LogP contribution in [0.3, 0.4) is 0 Å². The maximum Gasteiger partial charge on any atom is 0.341 e. The van der Waals surface area contributed by atoms with Crippen molar-refractivity contribution in [1.29, 1.82) is 0 Å². The number of fused-ring (bicyclic) bond motifs is 1. The maximum absolute atomic E-state index is 12.9. The summed E-state index contributed by atoms with van der Waals surface area (Å²) in [5.41, 5.74) is 2.53. The smallest absolute Gasteiger partial charge is 0.341 e. The van der Waals surface area contributed by atoms with Gasteiger partial charge in [0.1, 0.15) is 5.00 Å². The topological polar surface area (TPSA) is 105 Å². The molecule has 1 aromatic carbocycles. The molecule has 1 fully saturated rings. The number of rotatable bonds is 7. The Labute approximate surface area is 211 Å². The molecule has 0 saturated carbocycles. The minimum atomic E-state index is -3.50. The number of amides is 2. The van der Waals surface area contributed by atoms with E-state index in [4.69, 9.17) is 4.74 Å². The Hall–Kier alpha value is -2.43. The van der Waals surface area contributed by atoms with Gasteiger partial charge in [-0.15, -0.1) is 11.3 Å². The SMILES string of the molecule is CCOC(=O)c1c(NC(=O)NCC2CCN(S(=O)(=O)c3ccc(C)cc3)CC2)sc2c1CCCC2. The van der Waals surface area contributed by atoms with Crippen molar-refractivity contribution in [2.24, 2.45) is 5.92 Å². The van der Waals surface area contributed by atoms with Crippen molar-refractivity contribution in [3.05, 3.63) is 45.8 Å². The first kappa shape index (κ1) is 25.7. The van der Waals surface area contributed by atoms with Crippen LogP contribution in [0.1, 0.15) is 59.0 Å². The van der Waals surface area contributed by atoms with Crippen molar-refractivity contribution in [3.8, 4) is 0 Å². The average Bonchev–Trinajstić information content (AvgIpc) is 3.21. The fraction of sp³-hybridized carbons (Fsp3) is 0.520. The van der Waals surface area contributed by atoms with E-state index in [1.165, 1.54) is 15.6 Å². The Morgan fingerprint density at radius 2 is 1.80 bits per heavy atom. The largest absolute Gasteiger partial charge is 0.462 e. The molecule has 2 N–H and O–H groups in total. The molecule has 190 valence electrons. The summed E-state index contributed by atoms with van der Waals surface area (Å²) >= 11 is 1.46. The van der Waals surface area contributed by atoms with Crippen LogP contribution in [0.2, 0.25) is 0 Å². The second-order valence-electron chi connectivity index (χ2n) is 9.13. The van der Waals surface area contributed by atoms with Gasteiger partial charge in [0.15, 0.2) is 0 Å². The highest BCUT2D eigenvalue weighted by atomic mass is 32.2. The van der Waals surface area contributed by atoms with Crippen molar-refractivity contribution in [1.82, 2.24) is 9.62 Å². The summed E-state index contributed by atoms with van der Waals surface area (Å²) in [5.74, 6) is -0.198. The van der Waals surface area contributed by atoms with Gasteiger partial charge in [-0.25, -0.2) is 18.0 Å². The number of anilines is 1. The molecule has 10 heteroatoms. The van der Waals surface area contributed by atoms with Crippen molar-refractivity contribution in [3.63, 3.8) is 0 Å². The lowest BCUT2D eigenvalue weighted by Crippen LogP contribution is -2.42. The lowest BCUT2D eigenvalue weighted by atomic mass is 9.95. The van der Waals surface area contributed by atoms with E-state index in [0.717, 1.165) is 41.7 Å². The van der Waals surface area contributed by atoms with Crippen LogP contribution < -0.4 is 10.6 Å². The number of aryl methyl sites for hydroxylation is 2. The summed E-state index contributed by atoms with van der Waals surface area (Å²) in [6.45, 7) is 5.28. The van der Waals surface area contributed by atoms with E-state index < -0.39 is 10.0 Å². The summed E-state index contributed by atoms with van der Waals surface area (Å²) in [6, 6.07) is 6.55. The third-order valence-corrected chi connectivity index (χ3v) is 9.78. The molecule has 8 nitrogen and oxygen atoms in total. The van der Waals surface area contributed by atoms with Gasteiger partial charge in [0.25, 0.3) is 0 Å². The average molecular weight is 520 g/mol. The first-order chi connectivity index (χ1) is 16.8. The Balaban J connectivity index is 1.31. The fourth-order valence-electron chi connectivity index (χ4n) is 4.67. The highest BCUT2D eigenvalue weighted by Crippen LogP contribution is 2.38. The normalized spacial score (nSPS) is 17.0. The molecule has 0 unspecified atom stereocenters. The van der Waals surface area contributed by atoms with Crippen molar-refractivity contribution in [2.75, 3.05) is 31.6 Å². The van der Waals surface area contributed by atoms with Crippen LogP contribution in [0.25, 0.3) is 0 Å². The Kier molecular flexibility index (Phi) is 8.13. The first-order valence-electron chi connectivity index (χ1n) is 12.2. The minimum absolute atomic E-state index is 0.186. The van der Waals surface area contributed by atoms with Crippen molar-refractivity contribution < 1.29 is 22.7 Å². The van der Waals surface area contributed by atoms with Crippen molar-refractivity contribution >= 4 is 38.4 Å². The summed E-state index contributed by atoms with van der Waals surface area (Å²) in [4.78, 5) is 26.7. The lowest BCUT2D eigenvalue weighted by Gasteiger charge is -2.31. The van der Waals surface area contributed by atoms with Gasteiger partial charge in [-0.1, -0.05) is 17.7 Å². The number of thiophene rings is 1. The number of esters is 1. The van der Waals surface area contributed by atoms with Crippen LogP contribution in [0.4, 0.5) is 9.80 Å². The highest BCUT2D eigenvalue weighted by Gasteiger charge is 2.30. The zero-order valence-electron chi connectivity index (χ0n) is 20.3. The zero-order chi connectivity index (χ0) is 25.0. The van der Waals surface area contributed by atoms with E-state index in [0.29, 0.717) is 47.9 Å². The Bertz CT molecular complexity index is 1170. The molecule has 2 aliphatic rings. The predicted octanol–water partition coefficient (Wildman–Crippen LogP) is 4.33. The number of hydrogen-bond donors (Lipinski definition) is 2. The van der Waals surface area contributed by atoms with Gasteiger partial charge in [-0.05, 0) is 76.0 Å². The maximum atomic E-state index is 12.9. The van der Waals surface area contributed by atoms with Crippen LogP contribution in [-0.2, 0) is 27.6 Å². The van der Waals surface area contributed by atoms with E-state index in [1.807, 2.05) is 6.92 Å². The van der Waals surface area contributed by atoms with E-state index in [-0.39, 0.29) is 24.5 Å². The molecular weight excluding hydrogens is 486 g/mol. The number of carbonyl (C=O) groups excluding carboxylic acids is 2. The summed E-state index contributed by atoms with van der Waals surface area (Å²) < 4.78 is 32.6. The number of hydrogen-bond acceptors (Lipinski definition) is 6. The third kappa shape index (κ3) is 5.87. The lowest BCUT2D eigenvalue weighted by molar-refractivity contribution is 0.0526. The quantitative estimate of drug-likeness (QED) is 0.530. The van der Waals surface area contributed by atoms with Crippen LogP contribution >= 0.6 is 11.3 Å². The molecule has 0 bridgehead atoms. The molecule has 35 heavy (non-hydrogen) atoms. The molecule has 1 saturated heterocycles. The number of carbonyl (C=O) groups is 2. The first-order valence-corrected chi connectivity index (χ1v) is 14.5. The van der Waals surface area contributed by atoms with Gasteiger partial charge < -0.3 is 10.1 Å². The molecule has 0 radical (unpaired) electrons. The molecule has 4 rings (SSSR count). The molecule has 2 amide bonds. The molecule has 1 aromatic heterocycles. The number of sulfonamides is 1. The number of nitrogens with zero attached hydrogens (tertiary/aromatic N) is 1. The molecule has 2 heterocycles. The molecule has 1 aliphatic carbocycles. The minimum Gasteiger partial charge on any atom is -0.462 e. The molecule has 0 atom stereocenters. The Morgan fingerprint density at radius 3 is 2.49 bits per heavy atom. The summed E-state index contributed by atoms with van der Waals surface area (Å²) in [5, 5.41) is 6.32. The van der Waals surface area contributed by atoms with E-state index in [9.17, 15) is 18.0 Å². The number of ether oxygens (including phenoxy) is 1. The second kappa shape index (κ2) is 11.1. The highest BCUT2D eigenvalue weighted by molar-refractivity contribution is 7.89. The second-order valence-corrected chi connectivity index (χ2v) is 12.2. The molecular formula is C25H33N3O5S2. The van der Waals surface area contributed by atoms with Gasteiger partial charge in [0.2, 0.25) is 10.0 Å². The molecule has 1 aliphatic heterocycles. The number of nitrogens with one attached hydrogen (secondary N) is 2. The number of piperidine rings is 1. The summed E-state index contributed by atoms with van der Waals surface area (Å²) in [6.07, 6.45) is 5.20. The van der Waals surface area contributed by atoms with Gasteiger partial charge in [0, 0.05) is 24.5 Å². The standard InChI is InChI=1S/C25H33N3O5S2/c1-3-33-24(29)22-20-6-4-5-7-21(20)34-23(22)27-25(30)26-16-18-12-14-28(15-13-18)35(31,32)19-10-8-17(2)9-11-19/h8-11,18H,3-7,12-16H2,1-2H3,(H2,26,27,30). The van der Waals surface area contributed by atoms with E-state index >= 15 is 0 Å². The molecule has 0 spiro atoms. The van der Waals surface area contributed by atoms with Crippen LogP contribution in [0.15, 0.2) is 29.2 Å². The van der Waals surface area contributed by atoms with Gasteiger partial charge in [-0.2, -0.15) is 4.31 Å². The van der Waals surface area contributed by atoms with Gasteiger partial charge in [0.05, 0.1) is 17.1 Å². The van der Waals surface area contributed by atoms with Gasteiger partial charge >= 0.3 is 12.0 Å². The summed E-state index contributed by atoms with van der Waals surface area (Å²) in [7, 11) is -3.50. The monoisotopic (exact) mass is 519 g/mol.